The van der Waals surface area contributed by atoms with Gasteiger partial charge in [0.2, 0.25) is 17.5 Å². The number of carbonyl (C=O) groups is 1. The number of nitrogens with one attached hydrogen (secondary N) is 2. The summed E-state index contributed by atoms with van der Waals surface area (Å²) in [4.78, 5) is 95.9. The zero-order chi connectivity index (χ0) is 69.5. The Balaban J connectivity index is 1.01. The summed E-state index contributed by atoms with van der Waals surface area (Å²) in [6.45, 7) is 6.83. The number of hydrogen-bond donors (Lipinski definition) is 13. The lowest BCUT2D eigenvalue weighted by molar-refractivity contribution is -0.440. The number of imidazole rings is 1. The molecule has 93 heavy (non-hydrogen) atoms. The van der Waals surface area contributed by atoms with Crippen LogP contribution in [0.4, 0.5) is 17.3 Å². The van der Waals surface area contributed by atoms with Crippen molar-refractivity contribution in [3.8, 4) is 0 Å². The molecule has 1 aliphatic rings. The summed E-state index contributed by atoms with van der Waals surface area (Å²) in [6, 6.07) is 9.90. The van der Waals surface area contributed by atoms with Crippen LogP contribution in [0.25, 0.3) is 11.2 Å². The number of amides is 1. The number of H-pyrrole nitrogens is 1. The molecule has 4 aromatic rings. The van der Waals surface area contributed by atoms with E-state index in [1.807, 2.05) is 60.6 Å². The predicted octanol–water partition coefficient (Wildman–Crippen LogP) is 5.68. The van der Waals surface area contributed by atoms with E-state index in [1.54, 1.807) is 19.1 Å². The first-order chi connectivity index (χ1) is 43.0. The number of aromatic nitrogens is 4. The fraction of sp³-hybridized carbons (Fsp3) is 0.511. The van der Waals surface area contributed by atoms with E-state index < -0.39 is 110 Å². The molecule has 5 rings (SSSR count). The number of aliphatic hydroxyl groups is 1. The van der Waals surface area contributed by atoms with Gasteiger partial charge < -0.3 is 60.9 Å². The highest BCUT2D eigenvalue weighted by atomic mass is 32.2. The summed E-state index contributed by atoms with van der Waals surface area (Å²) < 4.78 is 177. The zero-order valence-electron chi connectivity index (χ0n) is 50.1. The van der Waals surface area contributed by atoms with Crippen molar-refractivity contribution < 1.29 is 133 Å². The lowest BCUT2D eigenvalue weighted by Crippen LogP contribution is -2.26. The Morgan fingerprint density at radius 3 is 2.01 bits per heavy atom. The predicted molar refractivity (Wildman–Crippen MR) is 330 cm³/mol. The molecule has 0 bridgehead atoms. The second-order valence-corrected chi connectivity index (χ2v) is 33.0. The van der Waals surface area contributed by atoms with Gasteiger partial charge in [0.25, 0.3) is 25.8 Å². The molecule has 9 atom stereocenters. The smallest absolute Gasteiger partial charge is 0.390 e. The van der Waals surface area contributed by atoms with Gasteiger partial charge in [-0.3, -0.25) is 37.3 Å². The Morgan fingerprint density at radius 2 is 1.42 bits per heavy atom. The van der Waals surface area contributed by atoms with Crippen LogP contribution in [0.15, 0.2) is 76.3 Å². The second-order valence-electron chi connectivity index (χ2n) is 20.6. The fourth-order valence-corrected chi connectivity index (χ4v) is 17.9. The second kappa shape index (κ2) is 33.7. The maximum absolute atomic E-state index is 12.7. The number of unbranched alkanes of at least 4 members (excludes halogenated alkanes) is 5. The summed E-state index contributed by atoms with van der Waals surface area (Å²) in [5.41, 5.74) is 15.8. The zero-order valence-corrected chi connectivity index (χ0v) is 57.1. The lowest BCUT2D eigenvalue weighted by atomic mass is 10.1. The van der Waals surface area contributed by atoms with E-state index in [0.717, 1.165) is 34.6 Å². The minimum Gasteiger partial charge on any atom is -0.390 e. The van der Waals surface area contributed by atoms with Gasteiger partial charge >= 0.3 is 46.9 Å². The van der Waals surface area contributed by atoms with Gasteiger partial charge in [-0.25, -0.2) is 32.4 Å². The average Bonchev–Trinajstić information content (AvgIpc) is 1.67. The van der Waals surface area contributed by atoms with Crippen molar-refractivity contribution in [2.75, 3.05) is 49.2 Å². The molecule has 2 aromatic heterocycles. The quantitative estimate of drug-likeness (QED) is 0.00638. The summed E-state index contributed by atoms with van der Waals surface area (Å²) in [5, 5.41) is 13.2. The molecular formula is C47H74N9O29P6S2+. The molecule has 7 unspecified atom stereocenters. The summed E-state index contributed by atoms with van der Waals surface area (Å²) in [5.74, 6) is -0.986. The van der Waals surface area contributed by atoms with Crippen molar-refractivity contribution in [3.05, 3.63) is 93.7 Å². The number of phosphoric ester groups is 2. The number of aromatic amines is 1. The largest absolute Gasteiger partial charge is 0.490 e. The van der Waals surface area contributed by atoms with Crippen molar-refractivity contribution >= 4 is 107 Å². The normalized spacial score (nSPS) is 20.1. The molecule has 1 amide bonds. The van der Waals surface area contributed by atoms with Crippen LogP contribution >= 0.6 is 46.9 Å². The van der Waals surface area contributed by atoms with Gasteiger partial charge in [0.05, 0.1) is 36.3 Å². The summed E-state index contributed by atoms with van der Waals surface area (Å²) >= 11 is 0. The number of aliphatic hydroxyl groups excluding tert-OH is 1. The van der Waals surface area contributed by atoms with E-state index in [9.17, 15) is 97.4 Å². The van der Waals surface area contributed by atoms with Gasteiger partial charge in [0.1, 0.15) is 18.9 Å². The molecule has 1 fully saturated rings. The van der Waals surface area contributed by atoms with Gasteiger partial charge in [0.15, 0.2) is 16.9 Å². The third-order valence-corrected chi connectivity index (χ3v) is 24.1. The molecular weight excluding hydrogens is 1400 g/mol. The number of anilines is 2. The Kier molecular flexibility index (Phi) is 28.7. The molecule has 0 radical (unpaired) electrons. The van der Waals surface area contributed by atoms with E-state index in [2.05, 4.69) is 50.9 Å². The van der Waals surface area contributed by atoms with E-state index in [0.29, 0.717) is 62.9 Å². The van der Waals surface area contributed by atoms with E-state index >= 15 is 0 Å². The molecule has 0 aliphatic carbocycles. The first kappa shape index (κ1) is 79.3. The standard InChI is InChI=1S/C47H73N9O29P6S2/c1-32-26-36(29-48)17-19-38(32)55(23-13-25-92(72,73)74)35(4)15-12-14-34(3)54(39-20-18-37(27-33(39)2)93(75,76)77)22-10-7-8-16-42(58)50-21-9-5-6-11-24-78-86(60,61)81-88(64,65)83-90(68,69)85-91(70,71)84-89(66,67)82-87(62,63)79-30-41-40(57)28-43(80-41)56-31-51-44-45(56)52-47(49)53-46(44)59/h12,14-15,17-20,26-27,31,40-41,43,57H,5-11,13,16,21-25,28-30,48H2,1-4H3,(H11-,49,50,52,53,58,59,60,61,62,63,64,65,66,67,68,69,70,71,72,73,74,75,76,77)/p+1/t40?,41-,43-/m1/s1. The number of carbonyl (C=O) groups excluding carboxylic acids is 1. The summed E-state index contributed by atoms with van der Waals surface area (Å²) in [7, 11) is -46.0. The molecule has 38 nitrogen and oxygen atoms in total. The number of hydrogen-bond acceptors (Lipinski definition) is 26. The number of phosphoric acid groups is 6. The van der Waals surface area contributed by atoms with Crippen molar-refractivity contribution in [2.45, 2.75) is 122 Å². The average molecular weight is 1480 g/mol. The number of allylic oxidation sites excluding steroid dienone is 4. The maximum Gasteiger partial charge on any atom is 0.490 e. The molecule has 1 saturated heterocycles. The van der Waals surface area contributed by atoms with Crippen LogP contribution < -0.4 is 27.2 Å². The summed E-state index contributed by atoms with van der Waals surface area (Å²) in [6.07, 6.45) is 5.33. The highest BCUT2D eigenvalue weighted by molar-refractivity contribution is 7.86. The topological polar surface area (TPSA) is 578 Å². The SMILES string of the molecule is C\C(=C/C=C/C(C)=[N+](\CCCS(=O)(=O)O)c1ccc(CN)cc1C)N(CCCCCC(=O)NCCCCCCOP(=O)(O)OP(=O)(O)OP(=O)(O)OP(=O)(O)OP(=O)(O)OP(=O)(O)OC[C@H]1O[C@@H](n2cnc3c(=O)[nH]c(N)nc32)CC1O)c1ccc(S(=O)(=O)O)cc1C. The third-order valence-electron chi connectivity index (χ3n) is 13.2. The van der Waals surface area contributed by atoms with Gasteiger partial charge in [0, 0.05) is 74.9 Å². The van der Waals surface area contributed by atoms with Crippen LogP contribution in [0.2, 0.25) is 0 Å². The van der Waals surface area contributed by atoms with Gasteiger partial charge in [-0.15, -0.1) is 0 Å². The van der Waals surface area contributed by atoms with E-state index in [1.165, 1.54) is 16.7 Å². The molecule has 2 aromatic carbocycles. The van der Waals surface area contributed by atoms with E-state index in [4.69, 9.17) is 16.2 Å². The highest BCUT2D eigenvalue weighted by Gasteiger charge is 2.50. The molecule has 1 aliphatic heterocycles. The maximum atomic E-state index is 12.7. The Labute approximate surface area is 532 Å². The van der Waals surface area contributed by atoms with Crippen LogP contribution in [0.3, 0.4) is 0 Å². The minimum atomic E-state index is -6.55. The number of nitrogens with zero attached hydrogens (tertiary/aromatic N) is 5. The van der Waals surface area contributed by atoms with Crippen molar-refractivity contribution in [3.63, 3.8) is 0 Å². The Bertz CT molecular complexity index is 4020. The number of ether oxygens (including phenoxy) is 1. The third kappa shape index (κ3) is 26.5. The first-order valence-electron chi connectivity index (χ1n) is 27.7. The molecule has 15 N–H and O–H groups in total. The molecule has 522 valence electrons. The molecule has 0 spiro atoms. The van der Waals surface area contributed by atoms with E-state index in [-0.39, 0.29) is 66.7 Å². The Morgan fingerprint density at radius 1 is 0.817 bits per heavy atom. The van der Waals surface area contributed by atoms with Crippen molar-refractivity contribution in [1.29, 1.82) is 0 Å². The van der Waals surface area contributed by atoms with Crippen LogP contribution in [0, 0.1) is 13.8 Å². The van der Waals surface area contributed by atoms with Crippen LogP contribution in [0.1, 0.15) is 101 Å². The number of fused-ring (bicyclic) bond motifs is 1. The number of nitrogen functional groups attached to an aromatic ring is 1. The highest BCUT2D eigenvalue weighted by Crippen LogP contribution is 2.75. The van der Waals surface area contributed by atoms with Crippen LogP contribution in [-0.4, -0.2) is 147 Å². The van der Waals surface area contributed by atoms with Crippen molar-refractivity contribution in [2.24, 2.45) is 5.73 Å². The monoisotopic (exact) mass is 1480 g/mol. The number of benzene rings is 2. The van der Waals surface area contributed by atoms with Crippen molar-refractivity contribution in [1.82, 2.24) is 24.8 Å². The minimum absolute atomic E-state index is 0.00855. The number of nitrogens with two attached hydrogens (primary N) is 2. The first-order valence-corrected chi connectivity index (χ1v) is 39.7. The van der Waals surface area contributed by atoms with Gasteiger partial charge in [-0.2, -0.15) is 47.9 Å². The fourth-order valence-electron chi connectivity index (χ4n) is 9.05. The molecule has 46 heteroatoms. The van der Waals surface area contributed by atoms with Crippen LogP contribution in [-0.2, 0) is 94.3 Å². The number of aryl methyl sites for hydroxylation is 2. The van der Waals surface area contributed by atoms with Gasteiger partial charge in [-0.05, 0) is 87.9 Å². The van der Waals surface area contributed by atoms with Gasteiger partial charge in [-0.1, -0.05) is 31.4 Å². The molecule has 3 heterocycles. The molecule has 0 saturated carbocycles. The Hall–Kier alpha value is -4.43. The lowest BCUT2D eigenvalue weighted by Gasteiger charge is -2.27. The van der Waals surface area contributed by atoms with Crippen LogP contribution in [0.5, 0.6) is 0 Å². The number of rotatable bonds is 39.